The molecule has 0 aromatic heterocycles. The molecule has 5 nitrogen and oxygen atoms in total. The van der Waals surface area contributed by atoms with Gasteiger partial charge in [-0.05, 0) is 12.8 Å². The predicted molar refractivity (Wildman–Crippen MR) is 69.1 cm³/mol. The van der Waals surface area contributed by atoms with Crippen molar-refractivity contribution in [1.29, 1.82) is 0 Å². The molecule has 0 radical (unpaired) electrons. The van der Waals surface area contributed by atoms with E-state index in [9.17, 15) is 14.4 Å². The second-order valence-electron chi connectivity index (χ2n) is 4.27. The summed E-state index contributed by atoms with van der Waals surface area (Å²) in [7, 11) is 0. The van der Waals surface area contributed by atoms with E-state index in [-0.39, 0.29) is 23.6 Å². The first kappa shape index (κ1) is 15.0. The van der Waals surface area contributed by atoms with Crippen molar-refractivity contribution in [3.05, 3.63) is 0 Å². The summed E-state index contributed by atoms with van der Waals surface area (Å²) in [4.78, 5) is 35.4. The quantitative estimate of drug-likeness (QED) is 0.717. The van der Waals surface area contributed by atoms with Crippen molar-refractivity contribution in [1.82, 2.24) is 4.90 Å². The van der Waals surface area contributed by atoms with Crippen molar-refractivity contribution in [2.24, 2.45) is 0 Å². The van der Waals surface area contributed by atoms with Crippen LogP contribution in [0.3, 0.4) is 0 Å². The lowest BCUT2D eigenvalue weighted by atomic mass is 10.1. The number of thioether (sulfide) groups is 1. The molecule has 18 heavy (non-hydrogen) atoms. The largest absolute Gasteiger partial charge is 0.481 e. The van der Waals surface area contributed by atoms with Gasteiger partial charge >= 0.3 is 5.97 Å². The van der Waals surface area contributed by atoms with Gasteiger partial charge in [0.2, 0.25) is 11.8 Å². The Hall–Kier alpha value is -1.04. The van der Waals surface area contributed by atoms with Gasteiger partial charge in [0.15, 0.2) is 0 Å². The number of imide groups is 1. The summed E-state index contributed by atoms with van der Waals surface area (Å²) < 4.78 is 0. The van der Waals surface area contributed by atoms with Gasteiger partial charge in [0.05, 0.1) is 11.8 Å². The minimum atomic E-state index is -0.853. The van der Waals surface area contributed by atoms with Gasteiger partial charge in [-0.2, -0.15) is 0 Å². The third-order valence-corrected chi connectivity index (χ3v) is 4.04. The Labute approximate surface area is 111 Å². The van der Waals surface area contributed by atoms with Crippen LogP contribution in [0.25, 0.3) is 0 Å². The van der Waals surface area contributed by atoms with Gasteiger partial charge in [-0.3, -0.25) is 19.3 Å². The molecule has 1 saturated heterocycles. The number of carbonyl (C=O) groups is 3. The molecule has 0 aliphatic carbocycles. The predicted octanol–water partition coefficient (Wildman–Crippen LogP) is 1.86. The normalized spacial score (nSPS) is 17.9. The summed E-state index contributed by atoms with van der Waals surface area (Å²) in [5.41, 5.74) is 0. The third kappa shape index (κ3) is 4.33. The number of hydrogen-bond acceptors (Lipinski definition) is 4. The van der Waals surface area contributed by atoms with Crippen molar-refractivity contribution in [3.8, 4) is 0 Å². The standard InChI is InChI=1S/C12H19NO4S/c1-2-4-11(18-8-7-12(16)17)13-9(14)5-3-6-10(13)15/h11H,2-8H2,1H3,(H,16,17). The van der Waals surface area contributed by atoms with Gasteiger partial charge in [0, 0.05) is 18.6 Å². The molecule has 1 heterocycles. The number of likely N-dealkylation sites (tertiary alicyclic amines) is 1. The number of hydrogen-bond donors (Lipinski definition) is 1. The maximum atomic E-state index is 11.8. The first-order valence-corrected chi connectivity index (χ1v) is 7.29. The van der Waals surface area contributed by atoms with Crippen molar-refractivity contribution < 1.29 is 19.5 Å². The van der Waals surface area contributed by atoms with E-state index in [0.717, 1.165) is 12.8 Å². The van der Waals surface area contributed by atoms with E-state index in [0.29, 0.717) is 25.0 Å². The average Bonchev–Trinajstić information content (AvgIpc) is 2.28. The van der Waals surface area contributed by atoms with E-state index < -0.39 is 5.97 Å². The fraction of sp³-hybridized carbons (Fsp3) is 0.750. The van der Waals surface area contributed by atoms with E-state index in [1.165, 1.54) is 16.7 Å². The number of rotatable bonds is 7. The molecule has 102 valence electrons. The molecular weight excluding hydrogens is 254 g/mol. The van der Waals surface area contributed by atoms with Crippen LogP contribution in [-0.2, 0) is 14.4 Å². The Morgan fingerprint density at radius 2 is 2.00 bits per heavy atom. The first-order chi connectivity index (χ1) is 8.56. The summed E-state index contributed by atoms with van der Waals surface area (Å²) in [5, 5.41) is 8.41. The van der Waals surface area contributed by atoms with Crippen LogP contribution < -0.4 is 0 Å². The summed E-state index contributed by atoms with van der Waals surface area (Å²) in [6.07, 6.45) is 3.12. The van der Waals surface area contributed by atoms with Crippen molar-refractivity contribution in [2.75, 3.05) is 5.75 Å². The molecule has 0 spiro atoms. The molecule has 1 aliphatic rings. The SMILES string of the molecule is CCCC(SCCC(=O)O)N1C(=O)CCCC1=O. The molecule has 0 bridgehead atoms. The van der Waals surface area contributed by atoms with Crippen LogP contribution in [0.4, 0.5) is 0 Å². The third-order valence-electron chi connectivity index (χ3n) is 2.77. The van der Waals surface area contributed by atoms with Gasteiger partial charge in [0.25, 0.3) is 0 Å². The first-order valence-electron chi connectivity index (χ1n) is 6.24. The Bertz CT molecular complexity index is 316. The molecule has 1 rings (SSSR count). The average molecular weight is 273 g/mol. The fourth-order valence-corrected chi connectivity index (χ4v) is 3.26. The second-order valence-corrected chi connectivity index (χ2v) is 5.55. The number of amides is 2. The number of carboxylic acid groups (broad SMARTS) is 1. The molecule has 1 atom stereocenters. The lowest BCUT2D eigenvalue weighted by molar-refractivity contribution is -0.148. The van der Waals surface area contributed by atoms with E-state index >= 15 is 0 Å². The number of carbonyl (C=O) groups excluding carboxylic acids is 2. The molecule has 1 aliphatic heterocycles. The van der Waals surface area contributed by atoms with Gasteiger partial charge in [-0.25, -0.2) is 0 Å². The van der Waals surface area contributed by atoms with Gasteiger partial charge in [-0.1, -0.05) is 13.3 Å². The van der Waals surface area contributed by atoms with Crippen LogP contribution in [0.15, 0.2) is 0 Å². The molecule has 0 aromatic carbocycles. The summed E-state index contributed by atoms with van der Waals surface area (Å²) in [5.74, 6) is -0.661. The second kappa shape index (κ2) is 7.41. The van der Waals surface area contributed by atoms with Crippen molar-refractivity contribution in [3.63, 3.8) is 0 Å². The lowest BCUT2D eigenvalue weighted by Gasteiger charge is -2.32. The lowest BCUT2D eigenvalue weighted by Crippen LogP contribution is -2.45. The van der Waals surface area contributed by atoms with E-state index in [2.05, 4.69) is 0 Å². The van der Waals surface area contributed by atoms with E-state index in [4.69, 9.17) is 5.11 Å². The summed E-state index contributed by atoms with van der Waals surface area (Å²) >= 11 is 1.39. The topological polar surface area (TPSA) is 74.7 Å². The summed E-state index contributed by atoms with van der Waals surface area (Å²) in [6, 6.07) is 0. The Morgan fingerprint density at radius 3 is 2.50 bits per heavy atom. The maximum Gasteiger partial charge on any atom is 0.304 e. The van der Waals surface area contributed by atoms with Crippen molar-refractivity contribution in [2.45, 2.75) is 50.8 Å². The summed E-state index contributed by atoms with van der Waals surface area (Å²) in [6.45, 7) is 1.99. The zero-order valence-corrected chi connectivity index (χ0v) is 11.4. The fourth-order valence-electron chi connectivity index (χ4n) is 1.91. The highest BCUT2D eigenvalue weighted by molar-refractivity contribution is 7.99. The molecule has 6 heteroatoms. The number of aliphatic carboxylic acids is 1. The number of piperidine rings is 1. The van der Waals surface area contributed by atoms with Crippen LogP contribution in [0.2, 0.25) is 0 Å². The van der Waals surface area contributed by atoms with E-state index in [1.54, 1.807) is 0 Å². The Morgan fingerprint density at radius 1 is 1.39 bits per heavy atom. The monoisotopic (exact) mass is 273 g/mol. The molecule has 0 aromatic rings. The maximum absolute atomic E-state index is 11.8. The highest BCUT2D eigenvalue weighted by atomic mass is 32.2. The molecule has 1 fully saturated rings. The van der Waals surface area contributed by atoms with Gasteiger partial charge in [0.1, 0.15) is 0 Å². The number of carboxylic acids is 1. The smallest absolute Gasteiger partial charge is 0.304 e. The molecule has 1 unspecified atom stereocenters. The van der Waals surface area contributed by atoms with Crippen LogP contribution in [0.1, 0.15) is 45.4 Å². The number of nitrogens with zero attached hydrogens (tertiary/aromatic N) is 1. The zero-order chi connectivity index (χ0) is 13.5. The minimum Gasteiger partial charge on any atom is -0.481 e. The van der Waals surface area contributed by atoms with Crippen LogP contribution >= 0.6 is 11.8 Å². The van der Waals surface area contributed by atoms with Crippen molar-refractivity contribution >= 4 is 29.5 Å². The van der Waals surface area contributed by atoms with Gasteiger partial charge in [-0.15, -0.1) is 11.8 Å². The minimum absolute atomic E-state index is 0.0566. The molecule has 2 amide bonds. The highest BCUT2D eigenvalue weighted by Crippen LogP contribution is 2.26. The highest BCUT2D eigenvalue weighted by Gasteiger charge is 2.32. The van der Waals surface area contributed by atoms with Gasteiger partial charge < -0.3 is 5.11 Å². The molecule has 1 N–H and O–H groups in total. The van der Waals surface area contributed by atoms with Crippen LogP contribution in [0, 0.1) is 0 Å². The zero-order valence-electron chi connectivity index (χ0n) is 10.6. The molecular formula is C12H19NO4S. The van der Waals surface area contributed by atoms with Crippen LogP contribution in [-0.4, -0.2) is 38.9 Å². The Kier molecular flexibility index (Phi) is 6.18. The molecule has 0 saturated carbocycles. The Balaban J connectivity index is 2.60. The van der Waals surface area contributed by atoms with E-state index in [1.807, 2.05) is 6.92 Å². The van der Waals surface area contributed by atoms with Crippen LogP contribution in [0.5, 0.6) is 0 Å².